The molecule has 0 aliphatic heterocycles. The van der Waals surface area contributed by atoms with Crippen LogP contribution >= 0.6 is 0 Å². The van der Waals surface area contributed by atoms with Gasteiger partial charge in [0.1, 0.15) is 11.4 Å². The molecule has 1 aromatic heterocycles. The van der Waals surface area contributed by atoms with E-state index in [1.54, 1.807) is 0 Å². The van der Waals surface area contributed by atoms with Crippen LogP contribution in [0.15, 0.2) is 36.5 Å². The van der Waals surface area contributed by atoms with E-state index in [1.807, 2.05) is 0 Å². The molecule has 0 amide bonds. The molecule has 0 spiro atoms. The van der Waals surface area contributed by atoms with Crippen LogP contribution in [0.5, 0.6) is 5.75 Å². The number of aromatic nitrogens is 1. The van der Waals surface area contributed by atoms with Crippen LogP contribution in [0.3, 0.4) is 0 Å². The number of benzene rings is 1. The maximum absolute atomic E-state index is 12.7. The van der Waals surface area contributed by atoms with Gasteiger partial charge in [-0.05, 0) is 23.8 Å². The standard InChI is InChI=1S/C13H7F6NO3/c14-12(15,16)20-6-5-9(10(20)11(21)22)7-1-3-8(4-2-7)23-13(17,18)19/h1-6H,(H,21,22). The maximum atomic E-state index is 12.7. The predicted molar refractivity (Wildman–Crippen MR) is 64.8 cm³/mol. The number of rotatable bonds is 3. The quantitative estimate of drug-likeness (QED) is 0.852. The minimum absolute atomic E-state index is 0.0000699. The summed E-state index contributed by atoms with van der Waals surface area (Å²) in [5.41, 5.74) is -1.32. The third-order valence-electron chi connectivity index (χ3n) is 2.76. The van der Waals surface area contributed by atoms with E-state index in [9.17, 15) is 31.1 Å². The number of halogens is 6. The van der Waals surface area contributed by atoms with E-state index < -0.39 is 30.1 Å². The van der Waals surface area contributed by atoms with Crippen molar-refractivity contribution < 1.29 is 41.0 Å². The van der Waals surface area contributed by atoms with Gasteiger partial charge < -0.3 is 9.84 Å². The van der Waals surface area contributed by atoms with Crippen molar-refractivity contribution in [2.75, 3.05) is 0 Å². The monoisotopic (exact) mass is 339 g/mol. The topological polar surface area (TPSA) is 51.5 Å². The normalized spacial score (nSPS) is 12.3. The van der Waals surface area contributed by atoms with Crippen molar-refractivity contribution in [1.29, 1.82) is 0 Å². The molecule has 1 heterocycles. The molecule has 2 rings (SSSR count). The number of carboxylic acid groups (broad SMARTS) is 1. The molecule has 0 atom stereocenters. The number of carbonyl (C=O) groups is 1. The van der Waals surface area contributed by atoms with Crippen LogP contribution < -0.4 is 4.74 Å². The fourth-order valence-electron chi connectivity index (χ4n) is 1.93. The summed E-state index contributed by atoms with van der Waals surface area (Å²) < 4.78 is 77.6. The van der Waals surface area contributed by atoms with Crippen LogP contribution in [0.2, 0.25) is 0 Å². The summed E-state index contributed by atoms with van der Waals surface area (Å²) in [7, 11) is 0. The Balaban J connectivity index is 2.43. The summed E-state index contributed by atoms with van der Waals surface area (Å²) in [6.45, 7) is 0. The smallest absolute Gasteiger partial charge is 0.477 e. The molecule has 2 aromatic rings. The molecule has 124 valence electrons. The third kappa shape index (κ3) is 3.76. The van der Waals surface area contributed by atoms with E-state index in [4.69, 9.17) is 5.11 Å². The van der Waals surface area contributed by atoms with Crippen LogP contribution in [-0.4, -0.2) is 22.0 Å². The zero-order chi connectivity index (χ0) is 17.4. The Morgan fingerprint density at radius 2 is 1.57 bits per heavy atom. The SMILES string of the molecule is O=C(O)c1c(-c2ccc(OC(F)(F)F)cc2)ccn1C(F)(F)F. The summed E-state index contributed by atoms with van der Waals surface area (Å²) in [5.74, 6) is -2.40. The Hall–Kier alpha value is -2.65. The molecule has 10 heteroatoms. The Kier molecular flexibility index (Phi) is 4.01. The van der Waals surface area contributed by atoms with E-state index in [2.05, 4.69) is 4.74 Å². The van der Waals surface area contributed by atoms with Crippen LogP contribution in [0.25, 0.3) is 11.1 Å². The van der Waals surface area contributed by atoms with Crippen molar-refractivity contribution in [2.24, 2.45) is 0 Å². The van der Waals surface area contributed by atoms with Crippen molar-refractivity contribution in [3.05, 3.63) is 42.2 Å². The van der Waals surface area contributed by atoms with Gasteiger partial charge in [0.2, 0.25) is 0 Å². The lowest BCUT2D eigenvalue weighted by molar-refractivity contribution is -0.274. The molecular formula is C13H7F6NO3. The predicted octanol–water partition coefficient (Wildman–Crippen LogP) is 4.23. The molecule has 0 aliphatic carbocycles. The second kappa shape index (κ2) is 5.52. The average Bonchev–Trinajstić information content (AvgIpc) is 2.82. The van der Waals surface area contributed by atoms with Crippen LogP contribution in [0, 0.1) is 0 Å². The highest BCUT2D eigenvalue weighted by Crippen LogP contribution is 2.33. The first-order chi connectivity index (χ1) is 10.5. The summed E-state index contributed by atoms with van der Waals surface area (Å²) in [6, 6.07) is 4.72. The Labute approximate surface area is 124 Å². The highest BCUT2D eigenvalue weighted by Gasteiger charge is 2.36. The van der Waals surface area contributed by atoms with Gasteiger partial charge in [-0.2, -0.15) is 0 Å². The second-order valence-electron chi connectivity index (χ2n) is 4.29. The summed E-state index contributed by atoms with van der Waals surface area (Å²) in [5, 5.41) is 8.97. The Bertz CT molecular complexity index is 715. The van der Waals surface area contributed by atoms with Gasteiger partial charge in [0, 0.05) is 11.8 Å². The van der Waals surface area contributed by atoms with Gasteiger partial charge in [-0.15, -0.1) is 26.3 Å². The Morgan fingerprint density at radius 1 is 1.00 bits per heavy atom. The zero-order valence-corrected chi connectivity index (χ0v) is 10.9. The first-order valence-electron chi connectivity index (χ1n) is 5.87. The molecular weight excluding hydrogens is 332 g/mol. The van der Waals surface area contributed by atoms with Gasteiger partial charge in [0.15, 0.2) is 0 Å². The fraction of sp³-hybridized carbons (Fsp3) is 0.154. The number of hydrogen-bond acceptors (Lipinski definition) is 2. The largest absolute Gasteiger partial charge is 0.573 e. The summed E-state index contributed by atoms with van der Waals surface area (Å²) in [4.78, 5) is 11.1. The maximum Gasteiger partial charge on any atom is 0.573 e. The van der Waals surface area contributed by atoms with E-state index >= 15 is 0 Å². The van der Waals surface area contributed by atoms with E-state index in [0.29, 0.717) is 6.20 Å². The van der Waals surface area contributed by atoms with Crippen molar-refractivity contribution >= 4 is 5.97 Å². The zero-order valence-electron chi connectivity index (χ0n) is 10.9. The lowest BCUT2D eigenvalue weighted by Crippen LogP contribution is -2.21. The highest BCUT2D eigenvalue weighted by atomic mass is 19.4. The lowest BCUT2D eigenvalue weighted by Gasteiger charge is -2.12. The summed E-state index contributed by atoms with van der Waals surface area (Å²) >= 11 is 0. The minimum atomic E-state index is -4.94. The van der Waals surface area contributed by atoms with E-state index in [1.165, 1.54) is 0 Å². The first kappa shape index (κ1) is 16.7. The van der Waals surface area contributed by atoms with Gasteiger partial charge >= 0.3 is 18.6 Å². The lowest BCUT2D eigenvalue weighted by atomic mass is 10.1. The fourth-order valence-corrected chi connectivity index (χ4v) is 1.93. The van der Waals surface area contributed by atoms with Crippen LogP contribution in [0.1, 0.15) is 10.5 Å². The molecule has 0 aliphatic rings. The van der Waals surface area contributed by atoms with Crippen molar-refractivity contribution in [3.8, 4) is 16.9 Å². The molecule has 0 fully saturated rings. The Morgan fingerprint density at radius 3 is 2.00 bits per heavy atom. The number of alkyl halides is 6. The number of hydrogen-bond donors (Lipinski definition) is 1. The first-order valence-corrected chi connectivity index (χ1v) is 5.87. The number of carboxylic acids is 1. The number of aromatic carboxylic acids is 1. The summed E-state index contributed by atoms with van der Waals surface area (Å²) in [6.07, 6.45) is -9.32. The number of ether oxygens (including phenoxy) is 1. The second-order valence-corrected chi connectivity index (χ2v) is 4.29. The van der Waals surface area contributed by atoms with Gasteiger partial charge in [-0.1, -0.05) is 12.1 Å². The molecule has 4 nitrogen and oxygen atoms in total. The van der Waals surface area contributed by atoms with Gasteiger partial charge in [0.25, 0.3) is 0 Å². The van der Waals surface area contributed by atoms with Crippen LogP contribution in [0.4, 0.5) is 26.3 Å². The van der Waals surface area contributed by atoms with E-state index in [-0.39, 0.29) is 15.7 Å². The molecule has 0 saturated heterocycles. The van der Waals surface area contributed by atoms with Gasteiger partial charge in [-0.3, -0.25) is 4.57 Å². The van der Waals surface area contributed by atoms with Crippen molar-refractivity contribution in [3.63, 3.8) is 0 Å². The van der Waals surface area contributed by atoms with E-state index in [0.717, 1.165) is 30.3 Å². The highest BCUT2D eigenvalue weighted by molar-refractivity contribution is 5.94. The molecule has 0 unspecified atom stereocenters. The van der Waals surface area contributed by atoms with Gasteiger partial charge in [0.05, 0.1) is 0 Å². The van der Waals surface area contributed by atoms with Crippen molar-refractivity contribution in [1.82, 2.24) is 4.57 Å². The number of nitrogens with zero attached hydrogens (tertiary/aromatic N) is 1. The third-order valence-corrected chi connectivity index (χ3v) is 2.76. The molecule has 1 N–H and O–H groups in total. The molecule has 0 saturated carbocycles. The average molecular weight is 339 g/mol. The molecule has 23 heavy (non-hydrogen) atoms. The molecule has 0 bridgehead atoms. The van der Waals surface area contributed by atoms with Crippen molar-refractivity contribution in [2.45, 2.75) is 12.7 Å². The molecule has 0 radical (unpaired) electrons. The van der Waals surface area contributed by atoms with Gasteiger partial charge in [-0.25, -0.2) is 4.79 Å². The van der Waals surface area contributed by atoms with Crippen LogP contribution in [-0.2, 0) is 6.30 Å². The molecule has 1 aromatic carbocycles. The minimum Gasteiger partial charge on any atom is -0.477 e.